The first kappa shape index (κ1) is 15.5. The highest BCUT2D eigenvalue weighted by atomic mass is 35.5. The van der Waals surface area contributed by atoms with E-state index in [4.69, 9.17) is 16.3 Å². The summed E-state index contributed by atoms with van der Waals surface area (Å²) < 4.78 is 19.1. The van der Waals surface area contributed by atoms with Crippen LogP contribution in [-0.2, 0) is 11.3 Å². The molecule has 2 N–H and O–H groups in total. The molecule has 112 valence electrons. The van der Waals surface area contributed by atoms with Crippen LogP contribution in [0.3, 0.4) is 0 Å². The maximum absolute atomic E-state index is 13.8. The molecule has 0 saturated carbocycles. The molecule has 0 spiro atoms. The van der Waals surface area contributed by atoms with Gasteiger partial charge in [0, 0.05) is 19.7 Å². The topological polar surface area (TPSA) is 59.1 Å². The molecule has 5 nitrogen and oxygen atoms in total. The lowest BCUT2D eigenvalue weighted by Crippen LogP contribution is -2.06. The SMILES string of the molecule is CCOCc1nc(NC)cc(Nc2c(F)cccc2Cl)n1. The summed E-state index contributed by atoms with van der Waals surface area (Å²) in [4.78, 5) is 8.55. The minimum atomic E-state index is -0.446. The molecule has 1 aromatic heterocycles. The van der Waals surface area contributed by atoms with Crippen LogP contribution in [0, 0.1) is 5.82 Å². The van der Waals surface area contributed by atoms with Crippen molar-refractivity contribution in [3.8, 4) is 0 Å². The van der Waals surface area contributed by atoms with Gasteiger partial charge in [-0.2, -0.15) is 0 Å². The van der Waals surface area contributed by atoms with E-state index >= 15 is 0 Å². The molecule has 2 aromatic rings. The average molecular weight is 311 g/mol. The van der Waals surface area contributed by atoms with Crippen molar-refractivity contribution in [3.63, 3.8) is 0 Å². The van der Waals surface area contributed by atoms with Crippen molar-refractivity contribution >= 4 is 28.9 Å². The van der Waals surface area contributed by atoms with Crippen LogP contribution < -0.4 is 10.6 Å². The van der Waals surface area contributed by atoms with Crippen molar-refractivity contribution in [3.05, 3.63) is 40.9 Å². The van der Waals surface area contributed by atoms with Gasteiger partial charge in [-0.3, -0.25) is 0 Å². The standard InChI is InChI=1S/C14H16ClFN4O/c1-3-21-8-13-18-11(17-2)7-12(19-13)20-14-9(15)5-4-6-10(14)16/h4-7H,3,8H2,1-2H3,(H2,17,18,19,20). The van der Waals surface area contributed by atoms with Crippen LogP contribution >= 0.6 is 11.6 Å². The van der Waals surface area contributed by atoms with Gasteiger partial charge in [-0.1, -0.05) is 17.7 Å². The Bertz CT molecular complexity index is 604. The normalized spacial score (nSPS) is 10.5. The number of hydrogen-bond donors (Lipinski definition) is 2. The van der Waals surface area contributed by atoms with Gasteiger partial charge in [-0.25, -0.2) is 14.4 Å². The number of aromatic nitrogens is 2. The van der Waals surface area contributed by atoms with Gasteiger partial charge < -0.3 is 15.4 Å². The summed E-state index contributed by atoms with van der Waals surface area (Å²) in [6, 6.07) is 6.14. The van der Waals surface area contributed by atoms with E-state index in [0.29, 0.717) is 24.1 Å². The zero-order chi connectivity index (χ0) is 15.2. The molecule has 0 aliphatic rings. The molecule has 1 heterocycles. The van der Waals surface area contributed by atoms with Gasteiger partial charge in [0.15, 0.2) is 5.82 Å². The predicted octanol–water partition coefficient (Wildman–Crippen LogP) is 3.59. The number of rotatable bonds is 6. The van der Waals surface area contributed by atoms with Gasteiger partial charge in [0.1, 0.15) is 24.1 Å². The number of anilines is 3. The summed E-state index contributed by atoms with van der Waals surface area (Å²) in [6.45, 7) is 2.74. The Morgan fingerprint density at radius 3 is 2.71 bits per heavy atom. The van der Waals surface area contributed by atoms with E-state index in [9.17, 15) is 4.39 Å². The summed E-state index contributed by atoms with van der Waals surface area (Å²) in [5.41, 5.74) is 0.183. The van der Waals surface area contributed by atoms with Crippen molar-refractivity contribution in [1.82, 2.24) is 9.97 Å². The van der Waals surface area contributed by atoms with Crippen molar-refractivity contribution in [1.29, 1.82) is 0 Å². The van der Waals surface area contributed by atoms with Gasteiger partial charge in [0.2, 0.25) is 0 Å². The number of benzene rings is 1. The van der Waals surface area contributed by atoms with Gasteiger partial charge in [0.05, 0.1) is 10.7 Å². The Labute approximate surface area is 127 Å². The highest BCUT2D eigenvalue weighted by molar-refractivity contribution is 6.33. The molecule has 0 saturated heterocycles. The lowest BCUT2D eigenvalue weighted by Gasteiger charge is -2.11. The fourth-order valence-corrected chi connectivity index (χ4v) is 1.90. The molecule has 0 aliphatic heterocycles. The molecule has 0 bridgehead atoms. The maximum Gasteiger partial charge on any atom is 0.158 e. The quantitative estimate of drug-likeness (QED) is 0.854. The first-order valence-corrected chi connectivity index (χ1v) is 6.86. The van der Waals surface area contributed by atoms with Crippen molar-refractivity contribution in [2.45, 2.75) is 13.5 Å². The van der Waals surface area contributed by atoms with Crippen molar-refractivity contribution in [2.24, 2.45) is 0 Å². The van der Waals surface area contributed by atoms with Crippen LogP contribution in [0.5, 0.6) is 0 Å². The monoisotopic (exact) mass is 310 g/mol. The van der Waals surface area contributed by atoms with E-state index in [0.717, 1.165) is 0 Å². The zero-order valence-corrected chi connectivity index (χ0v) is 12.5. The lowest BCUT2D eigenvalue weighted by molar-refractivity contribution is 0.128. The van der Waals surface area contributed by atoms with Gasteiger partial charge in [0.25, 0.3) is 0 Å². The Morgan fingerprint density at radius 1 is 1.29 bits per heavy atom. The zero-order valence-electron chi connectivity index (χ0n) is 11.8. The number of para-hydroxylation sites is 1. The van der Waals surface area contributed by atoms with Gasteiger partial charge >= 0.3 is 0 Å². The fraction of sp³-hybridized carbons (Fsp3) is 0.286. The Kier molecular flexibility index (Phi) is 5.30. The molecule has 7 heteroatoms. The number of ether oxygens (including phenoxy) is 1. The largest absolute Gasteiger partial charge is 0.374 e. The number of nitrogens with one attached hydrogen (secondary N) is 2. The van der Waals surface area contributed by atoms with Gasteiger partial charge in [-0.15, -0.1) is 0 Å². The summed E-state index contributed by atoms with van der Waals surface area (Å²) in [5, 5.41) is 6.09. The van der Waals surface area contributed by atoms with Crippen LogP contribution in [-0.4, -0.2) is 23.6 Å². The van der Waals surface area contributed by atoms with E-state index in [2.05, 4.69) is 20.6 Å². The highest BCUT2D eigenvalue weighted by Crippen LogP contribution is 2.28. The minimum Gasteiger partial charge on any atom is -0.374 e. The summed E-state index contributed by atoms with van der Waals surface area (Å²) in [5.74, 6) is 1.10. The third kappa shape index (κ3) is 4.03. The molecule has 0 atom stereocenters. The third-order valence-electron chi connectivity index (χ3n) is 2.68. The molecule has 21 heavy (non-hydrogen) atoms. The summed E-state index contributed by atoms with van der Waals surface area (Å²) >= 11 is 5.99. The van der Waals surface area contributed by atoms with Gasteiger partial charge in [-0.05, 0) is 19.1 Å². The molecule has 0 aliphatic carbocycles. The molecule has 2 rings (SSSR count). The van der Waals surface area contributed by atoms with Crippen LogP contribution in [0.2, 0.25) is 5.02 Å². The second-order valence-electron chi connectivity index (χ2n) is 4.16. The minimum absolute atomic E-state index is 0.183. The first-order valence-electron chi connectivity index (χ1n) is 6.48. The van der Waals surface area contributed by atoms with E-state index in [1.807, 2.05) is 6.92 Å². The Hall–Kier alpha value is -1.92. The Morgan fingerprint density at radius 2 is 2.05 bits per heavy atom. The molecule has 0 unspecified atom stereocenters. The molecule has 1 aromatic carbocycles. The smallest absolute Gasteiger partial charge is 0.158 e. The van der Waals surface area contributed by atoms with Crippen LogP contribution in [0.15, 0.2) is 24.3 Å². The lowest BCUT2D eigenvalue weighted by atomic mass is 10.3. The molecule has 0 radical (unpaired) electrons. The summed E-state index contributed by atoms with van der Waals surface area (Å²) in [7, 11) is 1.74. The second kappa shape index (κ2) is 7.19. The van der Waals surface area contributed by atoms with Crippen LogP contribution in [0.25, 0.3) is 0 Å². The fourth-order valence-electron chi connectivity index (χ4n) is 1.69. The number of hydrogen-bond acceptors (Lipinski definition) is 5. The number of nitrogens with zero attached hydrogens (tertiary/aromatic N) is 2. The van der Waals surface area contributed by atoms with E-state index in [1.165, 1.54) is 6.07 Å². The molecular formula is C14H16ClFN4O. The highest BCUT2D eigenvalue weighted by Gasteiger charge is 2.10. The van der Waals surface area contributed by atoms with E-state index in [1.54, 1.807) is 25.2 Å². The molecular weight excluding hydrogens is 295 g/mol. The van der Waals surface area contributed by atoms with Crippen molar-refractivity contribution < 1.29 is 9.13 Å². The summed E-state index contributed by atoms with van der Waals surface area (Å²) in [6.07, 6.45) is 0. The van der Waals surface area contributed by atoms with Crippen LogP contribution in [0.4, 0.5) is 21.7 Å². The first-order chi connectivity index (χ1) is 10.1. The second-order valence-corrected chi connectivity index (χ2v) is 4.57. The molecule has 0 amide bonds. The van der Waals surface area contributed by atoms with Crippen LogP contribution in [0.1, 0.15) is 12.7 Å². The van der Waals surface area contributed by atoms with E-state index in [-0.39, 0.29) is 17.3 Å². The Balaban J connectivity index is 2.30. The van der Waals surface area contributed by atoms with E-state index < -0.39 is 5.82 Å². The number of halogens is 2. The maximum atomic E-state index is 13.8. The average Bonchev–Trinajstić information content (AvgIpc) is 2.49. The predicted molar refractivity (Wildman–Crippen MR) is 81.6 cm³/mol. The molecule has 0 fully saturated rings. The third-order valence-corrected chi connectivity index (χ3v) is 2.99. The van der Waals surface area contributed by atoms with Crippen molar-refractivity contribution in [2.75, 3.05) is 24.3 Å².